The summed E-state index contributed by atoms with van der Waals surface area (Å²) >= 11 is 3.45. The van der Waals surface area contributed by atoms with Crippen LogP contribution in [0.5, 0.6) is 0 Å². The highest BCUT2D eigenvalue weighted by Crippen LogP contribution is 2.35. The normalized spacial score (nSPS) is 19.0. The monoisotopic (exact) mass is 330 g/mol. The molecule has 5 heteroatoms. The van der Waals surface area contributed by atoms with E-state index < -0.39 is 0 Å². The predicted molar refractivity (Wildman–Crippen MR) is 91.3 cm³/mol. The number of aromatic nitrogens is 1. The molecule has 1 aliphatic heterocycles. The average Bonchev–Trinajstić information content (AvgIpc) is 3.27. The largest absolute Gasteiger partial charge is 0.440 e. The summed E-state index contributed by atoms with van der Waals surface area (Å²) in [6, 6.07) is 6.88. The molecule has 114 valence electrons. The Kier molecular flexibility index (Phi) is 3.86. The van der Waals surface area contributed by atoms with Gasteiger partial charge < -0.3 is 4.42 Å². The lowest BCUT2D eigenvalue weighted by molar-refractivity contribution is 0.245. The van der Waals surface area contributed by atoms with Crippen molar-refractivity contribution in [1.82, 2.24) is 9.88 Å². The standard InChI is InChI=1S/C17H18N2OS2/c1-12-14(18-17(20-12)16-5-3-8-22-16)10-19-7-2-4-15(19)13-6-9-21-11-13/h3,5-6,8-9,11,15H,2,4,7,10H2,1H3/t15-/m0/s1. The fraction of sp³-hybridized carbons (Fsp3) is 0.353. The van der Waals surface area contributed by atoms with Crippen molar-refractivity contribution in [3.63, 3.8) is 0 Å². The van der Waals surface area contributed by atoms with Crippen molar-refractivity contribution in [3.8, 4) is 10.8 Å². The number of hydrogen-bond donors (Lipinski definition) is 0. The Bertz CT molecular complexity index is 731. The van der Waals surface area contributed by atoms with E-state index in [9.17, 15) is 0 Å². The van der Waals surface area contributed by atoms with Gasteiger partial charge in [-0.15, -0.1) is 11.3 Å². The molecule has 0 N–H and O–H groups in total. The summed E-state index contributed by atoms with van der Waals surface area (Å²) < 4.78 is 5.87. The third kappa shape index (κ3) is 2.64. The zero-order valence-electron chi connectivity index (χ0n) is 12.5. The Balaban J connectivity index is 1.56. The summed E-state index contributed by atoms with van der Waals surface area (Å²) in [7, 11) is 0. The second kappa shape index (κ2) is 5.99. The highest BCUT2D eigenvalue weighted by molar-refractivity contribution is 7.13. The molecule has 3 aromatic heterocycles. The summed E-state index contributed by atoms with van der Waals surface area (Å²) in [5.41, 5.74) is 2.52. The van der Waals surface area contributed by atoms with Gasteiger partial charge in [-0.3, -0.25) is 4.90 Å². The van der Waals surface area contributed by atoms with Gasteiger partial charge in [-0.25, -0.2) is 4.98 Å². The van der Waals surface area contributed by atoms with E-state index in [0.717, 1.165) is 35.3 Å². The molecule has 1 atom stereocenters. The average molecular weight is 330 g/mol. The minimum absolute atomic E-state index is 0.535. The minimum Gasteiger partial charge on any atom is -0.440 e. The van der Waals surface area contributed by atoms with Crippen molar-refractivity contribution in [2.45, 2.75) is 32.4 Å². The molecule has 0 amide bonds. The van der Waals surface area contributed by atoms with Crippen molar-refractivity contribution in [1.29, 1.82) is 0 Å². The van der Waals surface area contributed by atoms with Crippen LogP contribution in [0, 0.1) is 6.92 Å². The van der Waals surface area contributed by atoms with Crippen molar-refractivity contribution in [3.05, 3.63) is 51.4 Å². The van der Waals surface area contributed by atoms with E-state index in [-0.39, 0.29) is 0 Å². The van der Waals surface area contributed by atoms with Gasteiger partial charge in [-0.05, 0) is 60.1 Å². The van der Waals surface area contributed by atoms with E-state index >= 15 is 0 Å². The second-order valence-electron chi connectivity index (χ2n) is 5.68. The maximum Gasteiger partial charge on any atom is 0.236 e. The van der Waals surface area contributed by atoms with Gasteiger partial charge in [0, 0.05) is 12.6 Å². The van der Waals surface area contributed by atoms with Gasteiger partial charge in [0.1, 0.15) is 5.76 Å². The van der Waals surface area contributed by atoms with E-state index in [1.807, 2.05) is 13.0 Å². The van der Waals surface area contributed by atoms with E-state index in [4.69, 9.17) is 9.40 Å². The van der Waals surface area contributed by atoms with Crippen LogP contribution in [0.4, 0.5) is 0 Å². The number of rotatable bonds is 4. The zero-order chi connectivity index (χ0) is 14.9. The second-order valence-corrected chi connectivity index (χ2v) is 7.41. The smallest absolute Gasteiger partial charge is 0.236 e. The van der Waals surface area contributed by atoms with E-state index in [1.54, 1.807) is 22.7 Å². The Morgan fingerprint density at radius 1 is 1.36 bits per heavy atom. The predicted octanol–water partition coefficient (Wildman–Crippen LogP) is 5.11. The lowest BCUT2D eigenvalue weighted by atomic mass is 10.1. The molecule has 4 rings (SSSR count). The van der Waals surface area contributed by atoms with Crippen molar-refractivity contribution < 1.29 is 4.42 Å². The molecule has 0 spiro atoms. The Labute approximate surface area is 138 Å². The number of likely N-dealkylation sites (tertiary alicyclic amines) is 1. The van der Waals surface area contributed by atoms with Crippen LogP contribution in [-0.4, -0.2) is 16.4 Å². The first kappa shape index (κ1) is 14.2. The molecule has 0 saturated carbocycles. The van der Waals surface area contributed by atoms with Gasteiger partial charge >= 0.3 is 0 Å². The zero-order valence-corrected chi connectivity index (χ0v) is 14.1. The number of hydrogen-bond acceptors (Lipinski definition) is 5. The van der Waals surface area contributed by atoms with Crippen molar-refractivity contribution >= 4 is 22.7 Å². The highest BCUT2D eigenvalue weighted by Gasteiger charge is 2.27. The van der Waals surface area contributed by atoms with Crippen LogP contribution in [0.3, 0.4) is 0 Å². The van der Waals surface area contributed by atoms with Crippen LogP contribution >= 0.6 is 22.7 Å². The summed E-state index contributed by atoms with van der Waals surface area (Å²) in [5.74, 6) is 1.70. The summed E-state index contributed by atoms with van der Waals surface area (Å²) in [5, 5.41) is 6.50. The van der Waals surface area contributed by atoms with E-state index in [1.165, 1.54) is 18.4 Å². The van der Waals surface area contributed by atoms with Gasteiger partial charge in [0.25, 0.3) is 0 Å². The molecule has 1 saturated heterocycles. The molecule has 0 aromatic carbocycles. The minimum atomic E-state index is 0.535. The quantitative estimate of drug-likeness (QED) is 0.665. The van der Waals surface area contributed by atoms with Crippen LogP contribution in [0.2, 0.25) is 0 Å². The van der Waals surface area contributed by atoms with E-state index in [2.05, 4.69) is 33.2 Å². The van der Waals surface area contributed by atoms with Gasteiger partial charge in [0.05, 0.1) is 10.6 Å². The van der Waals surface area contributed by atoms with Crippen LogP contribution in [-0.2, 0) is 6.54 Å². The third-order valence-electron chi connectivity index (χ3n) is 4.27. The summed E-state index contributed by atoms with van der Waals surface area (Å²) in [6.45, 7) is 4.04. The molecule has 0 radical (unpaired) electrons. The molecule has 1 fully saturated rings. The molecule has 1 aliphatic rings. The fourth-order valence-corrected chi connectivity index (χ4v) is 4.49. The molecule has 22 heavy (non-hydrogen) atoms. The van der Waals surface area contributed by atoms with Crippen LogP contribution in [0.15, 0.2) is 38.8 Å². The number of thiophene rings is 2. The molecule has 0 unspecified atom stereocenters. The van der Waals surface area contributed by atoms with Crippen LogP contribution in [0.1, 0.15) is 35.9 Å². The molecule has 0 bridgehead atoms. The molecule has 3 aromatic rings. The highest BCUT2D eigenvalue weighted by atomic mass is 32.1. The molecule has 4 heterocycles. The first-order chi connectivity index (χ1) is 10.8. The number of nitrogens with zero attached hydrogens (tertiary/aromatic N) is 2. The van der Waals surface area contributed by atoms with Crippen LogP contribution < -0.4 is 0 Å². The number of oxazole rings is 1. The Hall–Kier alpha value is -1.43. The Morgan fingerprint density at radius 3 is 3.09 bits per heavy atom. The Morgan fingerprint density at radius 2 is 2.32 bits per heavy atom. The van der Waals surface area contributed by atoms with E-state index in [0.29, 0.717) is 6.04 Å². The van der Waals surface area contributed by atoms with Crippen molar-refractivity contribution in [2.24, 2.45) is 0 Å². The molecular weight excluding hydrogens is 312 g/mol. The SMILES string of the molecule is Cc1oc(-c2cccs2)nc1CN1CCC[C@H]1c1ccsc1. The molecule has 0 aliphatic carbocycles. The summed E-state index contributed by atoms with van der Waals surface area (Å²) in [6.07, 6.45) is 2.50. The maximum atomic E-state index is 5.87. The first-order valence-corrected chi connectivity index (χ1v) is 9.40. The number of aryl methyl sites for hydroxylation is 1. The van der Waals surface area contributed by atoms with Gasteiger partial charge in [0.2, 0.25) is 5.89 Å². The third-order valence-corrected chi connectivity index (χ3v) is 5.83. The lowest BCUT2D eigenvalue weighted by Crippen LogP contribution is -2.23. The van der Waals surface area contributed by atoms with Gasteiger partial charge in [0.15, 0.2) is 0 Å². The summed E-state index contributed by atoms with van der Waals surface area (Å²) in [4.78, 5) is 8.37. The van der Waals surface area contributed by atoms with Crippen LogP contribution in [0.25, 0.3) is 10.8 Å². The first-order valence-electron chi connectivity index (χ1n) is 7.57. The van der Waals surface area contributed by atoms with Gasteiger partial charge in [-0.1, -0.05) is 6.07 Å². The topological polar surface area (TPSA) is 29.3 Å². The maximum absolute atomic E-state index is 5.87. The molecular formula is C17H18N2OS2. The molecule has 3 nitrogen and oxygen atoms in total. The fourth-order valence-electron chi connectivity index (χ4n) is 3.13. The lowest BCUT2D eigenvalue weighted by Gasteiger charge is -2.22. The van der Waals surface area contributed by atoms with Crippen molar-refractivity contribution in [2.75, 3.05) is 6.54 Å². The van der Waals surface area contributed by atoms with Gasteiger partial charge in [-0.2, -0.15) is 11.3 Å².